The van der Waals surface area contributed by atoms with Crippen molar-refractivity contribution in [3.63, 3.8) is 0 Å². The van der Waals surface area contributed by atoms with E-state index in [4.69, 9.17) is 4.74 Å². The maximum atomic E-state index is 14.5. The molecular formula is C20H19FN4O2S. The Labute approximate surface area is 164 Å². The molecule has 0 spiro atoms. The number of fused-ring (bicyclic) bond motifs is 1. The highest BCUT2D eigenvalue weighted by molar-refractivity contribution is 7.19. The number of aryl methyl sites for hydroxylation is 2. The number of imidazole rings is 1. The second-order valence-corrected chi connectivity index (χ2v) is 8.02. The van der Waals surface area contributed by atoms with E-state index in [2.05, 4.69) is 15.0 Å². The predicted molar refractivity (Wildman–Crippen MR) is 108 cm³/mol. The van der Waals surface area contributed by atoms with Crippen molar-refractivity contribution in [1.29, 1.82) is 0 Å². The Bertz CT molecular complexity index is 1240. The molecule has 1 aromatic carbocycles. The van der Waals surface area contributed by atoms with Crippen molar-refractivity contribution in [1.82, 2.24) is 19.5 Å². The van der Waals surface area contributed by atoms with Crippen LogP contribution in [-0.4, -0.2) is 25.6 Å². The summed E-state index contributed by atoms with van der Waals surface area (Å²) >= 11 is 1.34. The second kappa shape index (κ2) is 6.87. The van der Waals surface area contributed by atoms with Crippen LogP contribution in [0.5, 0.6) is 5.75 Å². The lowest BCUT2D eigenvalue weighted by Crippen LogP contribution is -2.10. The fourth-order valence-corrected chi connectivity index (χ4v) is 4.15. The Balaban J connectivity index is 1.91. The molecule has 3 heterocycles. The van der Waals surface area contributed by atoms with Crippen LogP contribution in [0.25, 0.3) is 33.0 Å². The van der Waals surface area contributed by atoms with Crippen LogP contribution >= 0.6 is 11.3 Å². The Morgan fingerprint density at radius 3 is 2.75 bits per heavy atom. The van der Waals surface area contributed by atoms with Gasteiger partial charge in [-0.3, -0.25) is 4.79 Å². The minimum absolute atomic E-state index is 0.121. The lowest BCUT2D eigenvalue weighted by atomic mass is 10.0. The molecule has 6 nitrogen and oxygen atoms in total. The highest BCUT2D eigenvalue weighted by Crippen LogP contribution is 2.37. The van der Waals surface area contributed by atoms with Crippen LogP contribution in [0, 0.1) is 12.7 Å². The number of rotatable bonds is 4. The Morgan fingerprint density at radius 2 is 2.11 bits per heavy atom. The van der Waals surface area contributed by atoms with E-state index in [1.807, 2.05) is 27.8 Å². The van der Waals surface area contributed by atoms with Gasteiger partial charge in [0.05, 0.1) is 11.6 Å². The number of nitrogens with zero attached hydrogens (tertiary/aromatic N) is 3. The summed E-state index contributed by atoms with van der Waals surface area (Å²) < 4.78 is 22.3. The molecule has 0 fully saturated rings. The van der Waals surface area contributed by atoms with Gasteiger partial charge >= 0.3 is 0 Å². The summed E-state index contributed by atoms with van der Waals surface area (Å²) in [6, 6.07) is 4.83. The van der Waals surface area contributed by atoms with Crippen molar-refractivity contribution in [2.45, 2.75) is 26.9 Å². The molecule has 4 aromatic rings. The van der Waals surface area contributed by atoms with E-state index in [0.717, 1.165) is 10.4 Å². The molecule has 28 heavy (non-hydrogen) atoms. The largest absolute Gasteiger partial charge is 0.488 e. The SMILES string of the molecule is Cc1sc2c(=O)[nH]c(-c3nccn3C)nc2c1-c1ccc(OC(C)C)c(F)c1. The molecule has 0 aliphatic heterocycles. The Morgan fingerprint density at radius 1 is 1.32 bits per heavy atom. The standard InChI is InChI=1S/C20H19FN4O2S/c1-10(2)27-14-6-5-12(9-13(14)21)15-11(3)28-17-16(15)23-18(24-20(17)26)19-22-7-8-25(19)4/h5-10H,1-4H3,(H,23,24,26). The van der Waals surface area contributed by atoms with E-state index in [9.17, 15) is 9.18 Å². The third-order valence-electron chi connectivity index (χ3n) is 4.34. The fraction of sp³-hybridized carbons (Fsp3) is 0.250. The minimum Gasteiger partial charge on any atom is -0.488 e. The van der Waals surface area contributed by atoms with Crippen LogP contribution in [0.4, 0.5) is 4.39 Å². The van der Waals surface area contributed by atoms with Gasteiger partial charge in [0.1, 0.15) is 4.70 Å². The summed E-state index contributed by atoms with van der Waals surface area (Å²) in [5, 5.41) is 0. The van der Waals surface area contributed by atoms with Gasteiger partial charge in [-0.05, 0) is 38.5 Å². The van der Waals surface area contributed by atoms with E-state index in [1.165, 1.54) is 17.4 Å². The van der Waals surface area contributed by atoms with Gasteiger partial charge in [0, 0.05) is 29.9 Å². The first kappa shape index (κ1) is 18.4. The van der Waals surface area contributed by atoms with E-state index in [0.29, 0.717) is 27.4 Å². The lowest BCUT2D eigenvalue weighted by molar-refractivity contribution is 0.231. The zero-order valence-corrected chi connectivity index (χ0v) is 16.7. The van der Waals surface area contributed by atoms with Crippen LogP contribution in [0.2, 0.25) is 0 Å². The number of hydrogen-bond donors (Lipinski definition) is 1. The first-order valence-corrected chi connectivity index (χ1v) is 9.64. The van der Waals surface area contributed by atoms with Crippen LogP contribution in [0.1, 0.15) is 18.7 Å². The topological polar surface area (TPSA) is 72.8 Å². The van der Waals surface area contributed by atoms with Crippen LogP contribution in [0.15, 0.2) is 35.4 Å². The Kier molecular flexibility index (Phi) is 4.50. The number of ether oxygens (including phenoxy) is 1. The van der Waals surface area contributed by atoms with Crippen molar-refractivity contribution in [3.8, 4) is 28.5 Å². The minimum atomic E-state index is -0.445. The van der Waals surface area contributed by atoms with Crippen molar-refractivity contribution in [2.24, 2.45) is 7.05 Å². The third kappa shape index (κ3) is 3.09. The van der Waals surface area contributed by atoms with Gasteiger partial charge in [-0.15, -0.1) is 11.3 Å². The number of thiophene rings is 1. The number of halogens is 1. The number of aromatic amines is 1. The molecule has 1 N–H and O–H groups in total. The van der Waals surface area contributed by atoms with Gasteiger partial charge in [0.25, 0.3) is 5.56 Å². The lowest BCUT2D eigenvalue weighted by Gasteiger charge is -2.11. The zero-order valence-electron chi connectivity index (χ0n) is 15.9. The molecule has 4 rings (SSSR count). The number of hydrogen-bond acceptors (Lipinski definition) is 5. The van der Waals surface area contributed by atoms with E-state index in [1.54, 1.807) is 29.1 Å². The summed E-state index contributed by atoms with van der Waals surface area (Å²) in [5.41, 5.74) is 1.71. The number of aromatic nitrogens is 4. The first-order chi connectivity index (χ1) is 13.3. The average molecular weight is 398 g/mol. The van der Waals surface area contributed by atoms with Crippen molar-refractivity contribution >= 4 is 21.6 Å². The summed E-state index contributed by atoms with van der Waals surface area (Å²) in [6.07, 6.45) is 3.30. The normalized spacial score (nSPS) is 11.5. The fourth-order valence-electron chi connectivity index (χ4n) is 3.14. The number of H-pyrrole nitrogens is 1. The summed E-state index contributed by atoms with van der Waals surface area (Å²) in [7, 11) is 1.83. The van der Waals surface area contributed by atoms with Gasteiger partial charge in [0.2, 0.25) is 0 Å². The third-order valence-corrected chi connectivity index (χ3v) is 5.43. The van der Waals surface area contributed by atoms with Crippen molar-refractivity contribution < 1.29 is 9.13 Å². The van der Waals surface area contributed by atoms with Crippen LogP contribution in [0.3, 0.4) is 0 Å². The number of benzene rings is 1. The molecule has 0 unspecified atom stereocenters. The molecule has 0 aliphatic rings. The molecule has 0 atom stereocenters. The molecule has 8 heteroatoms. The van der Waals surface area contributed by atoms with Gasteiger partial charge < -0.3 is 14.3 Å². The molecule has 0 saturated heterocycles. The zero-order chi connectivity index (χ0) is 20.0. The molecule has 0 aliphatic carbocycles. The molecule has 0 amide bonds. The van der Waals surface area contributed by atoms with E-state index >= 15 is 0 Å². The summed E-state index contributed by atoms with van der Waals surface area (Å²) in [4.78, 5) is 25.2. The maximum Gasteiger partial charge on any atom is 0.269 e. The van der Waals surface area contributed by atoms with Crippen LogP contribution < -0.4 is 10.3 Å². The highest BCUT2D eigenvalue weighted by atomic mass is 32.1. The second-order valence-electron chi connectivity index (χ2n) is 6.80. The quantitative estimate of drug-likeness (QED) is 0.557. The van der Waals surface area contributed by atoms with E-state index < -0.39 is 5.82 Å². The molecule has 0 bridgehead atoms. The molecule has 3 aromatic heterocycles. The van der Waals surface area contributed by atoms with Gasteiger partial charge in [-0.2, -0.15) is 0 Å². The van der Waals surface area contributed by atoms with Crippen molar-refractivity contribution in [3.05, 3.63) is 51.6 Å². The summed E-state index contributed by atoms with van der Waals surface area (Å²) in [6.45, 7) is 5.59. The average Bonchev–Trinajstić information content (AvgIpc) is 3.19. The monoisotopic (exact) mass is 398 g/mol. The van der Waals surface area contributed by atoms with E-state index in [-0.39, 0.29) is 17.4 Å². The van der Waals surface area contributed by atoms with Crippen molar-refractivity contribution in [2.75, 3.05) is 0 Å². The van der Waals surface area contributed by atoms with Gasteiger partial charge in [-0.1, -0.05) is 6.07 Å². The highest BCUT2D eigenvalue weighted by Gasteiger charge is 2.19. The molecular weight excluding hydrogens is 379 g/mol. The summed E-state index contributed by atoms with van der Waals surface area (Å²) in [5.74, 6) is 0.694. The molecule has 144 valence electrons. The number of nitrogens with one attached hydrogen (secondary N) is 1. The van der Waals surface area contributed by atoms with Gasteiger partial charge in [0.15, 0.2) is 23.2 Å². The predicted octanol–water partition coefficient (Wildman–Crippen LogP) is 4.29. The first-order valence-electron chi connectivity index (χ1n) is 8.83. The van der Waals surface area contributed by atoms with Crippen LogP contribution in [-0.2, 0) is 7.05 Å². The smallest absolute Gasteiger partial charge is 0.269 e. The molecule has 0 saturated carbocycles. The maximum absolute atomic E-state index is 14.5. The Hall–Kier alpha value is -3.00. The van der Waals surface area contributed by atoms with Gasteiger partial charge in [-0.25, -0.2) is 14.4 Å². The molecule has 0 radical (unpaired) electrons.